The highest BCUT2D eigenvalue weighted by atomic mass is 16.2. The number of hydrogen-bond acceptors (Lipinski definition) is 5. The largest absolute Gasteiger partial charge is 0.329 e. The standard InChI is InChI=1S/C16H10N6O2/c23-14-10-7-17-15-18-8-19-22(15)11(10)6-12-13(20-16(24)21(12)14)9-4-2-1-3-5-9/h1-8,13H,(H,20,24)/t13-/m1/s1. The summed E-state index contributed by atoms with van der Waals surface area (Å²) in [5.74, 6) is 0.403. The molecule has 1 aliphatic rings. The van der Waals surface area contributed by atoms with Crippen LogP contribution in [0.2, 0.25) is 0 Å². The zero-order chi connectivity index (χ0) is 16.3. The summed E-state index contributed by atoms with van der Waals surface area (Å²) in [6.45, 7) is 0. The summed E-state index contributed by atoms with van der Waals surface area (Å²) in [6.07, 6.45) is 2.81. The molecule has 8 nitrogen and oxygen atoms in total. The molecular formula is C16H10N6O2. The van der Waals surface area contributed by atoms with E-state index in [-0.39, 0.29) is 6.04 Å². The van der Waals surface area contributed by atoms with Gasteiger partial charge in [0.05, 0.1) is 22.6 Å². The lowest BCUT2D eigenvalue weighted by atomic mass is 10.0. The summed E-state index contributed by atoms with van der Waals surface area (Å²) in [5, 5.41) is 7.29. The van der Waals surface area contributed by atoms with Crippen molar-refractivity contribution in [2.75, 3.05) is 0 Å². The van der Waals surface area contributed by atoms with Crippen molar-refractivity contribution in [2.24, 2.45) is 0 Å². The molecule has 0 bridgehead atoms. The van der Waals surface area contributed by atoms with Gasteiger partial charge in [0.15, 0.2) is 0 Å². The molecule has 3 aromatic heterocycles. The van der Waals surface area contributed by atoms with Gasteiger partial charge in [-0.15, -0.1) is 0 Å². The van der Waals surface area contributed by atoms with Crippen LogP contribution in [-0.4, -0.2) is 30.2 Å². The first-order valence-electron chi connectivity index (χ1n) is 7.34. The molecule has 4 heterocycles. The van der Waals surface area contributed by atoms with Crippen molar-refractivity contribution >= 4 is 22.7 Å². The van der Waals surface area contributed by atoms with Crippen LogP contribution in [0.3, 0.4) is 0 Å². The van der Waals surface area contributed by atoms with Gasteiger partial charge in [-0.1, -0.05) is 30.3 Å². The summed E-state index contributed by atoms with van der Waals surface area (Å²) >= 11 is 0. The lowest BCUT2D eigenvalue weighted by molar-refractivity contribution is 0.245. The lowest BCUT2D eigenvalue weighted by Gasteiger charge is -2.11. The normalized spacial score (nSPS) is 16.5. The van der Waals surface area contributed by atoms with Crippen LogP contribution in [0.5, 0.6) is 0 Å². The summed E-state index contributed by atoms with van der Waals surface area (Å²) in [6, 6.07) is 10.5. The van der Waals surface area contributed by atoms with E-state index in [0.717, 1.165) is 10.1 Å². The van der Waals surface area contributed by atoms with Gasteiger partial charge in [0.1, 0.15) is 6.33 Å². The number of nitrogens with zero attached hydrogens (tertiary/aromatic N) is 5. The predicted molar refractivity (Wildman–Crippen MR) is 84.8 cm³/mol. The van der Waals surface area contributed by atoms with E-state index in [1.54, 1.807) is 6.07 Å². The molecule has 5 rings (SSSR count). The Bertz CT molecular complexity index is 1180. The van der Waals surface area contributed by atoms with E-state index in [1.807, 2.05) is 30.3 Å². The molecule has 24 heavy (non-hydrogen) atoms. The topological polar surface area (TPSA) is 94.2 Å². The second-order valence-corrected chi connectivity index (χ2v) is 5.53. The second-order valence-electron chi connectivity index (χ2n) is 5.53. The number of pyridine rings is 1. The zero-order valence-electron chi connectivity index (χ0n) is 12.2. The zero-order valence-corrected chi connectivity index (χ0v) is 12.2. The number of carbonyl (C=O) groups excluding carboxylic acids is 1. The van der Waals surface area contributed by atoms with Gasteiger partial charge in [0.2, 0.25) is 0 Å². The van der Waals surface area contributed by atoms with Crippen LogP contribution in [0.1, 0.15) is 17.3 Å². The van der Waals surface area contributed by atoms with Crippen molar-refractivity contribution < 1.29 is 4.79 Å². The van der Waals surface area contributed by atoms with Gasteiger partial charge in [-0.3, -0.25) is 4.79 Å². The Morgan fingerprint density at radius 3 is 2.75 bits per heavy atom. The maximum absolute atomic E-state index is 12.8. The first-order chi connectivity index (χ1) is 11.7. The van der Waals surface area contributed by atoms with E-state index in [0.29, 0.717) is 22.4 Å². The van der Waals surface area contributed by atoms with Crippen LogP contribution in [0.15, 0.2) is 53.7 Å². The maximum Gasteiger partial charge on any atom is 0.329 e. The Morgan fingerprint density at radius 2 is 1.92 bits per heavy atom. The third-order valence-corrected chi connectivity index (χ3v) is 4.22. The van der Waals surface area contributed by atoms with Crippen LogP contribution >= 0.6 is 0 Å². The Morgan fingerprint density at radius 1 is 1.08 bits per heavy atom. The summed E-state index contributed by atoms with van der Waals surface area (Å²) in [4.78, 5) is 33.2. The minimum atomic E-state index is -0.440. The number of amides is 1. The molecule has 0 aliphatic carbocycles. The molecule has 1 amide bonds. The smallest absolute Gasteiger partial charge is 0.325 e. The average Bonchev–Trinajstić information content (AvgIpc) is 3.21. The van der Waals surface area contributed by atoms with Crippen molar-refractivity contribution in [3.63, 3.8) is 0 Å². The fourth-order valence-electron chi connectivity index (χ4n) is 3.13. The van der Waals surface area contributed by atoms with Gasteiger partial charge in [-0.2, -0.15) is 14.6 Å². The first-order valence-corrected chi connectivity index (χ1v) is 7.34. The van der Waals surface area contributed by atoms with Crippen LogP contribution in [-0.2, 0) is 0 Å². The van der Waals surface area contributed by atoms with E-state index in [2.05, 4.69) is 20.4 Å². The molecule has 0 unspecified atom stereocenters. The molecule has 8 heteroatoms. The predicted octanol–water partition coefficient (Wildman–Crippen LogP) is 1.10. The van der Waals surface area contributed by atoms with Crippen LogP contribution in [0, 0.1) is 0 Å². The van der Waals surface area contributed by atoms with E-state index in [1.165, 1.54) is 17.0 Å². The number of benzene rings is 1. The fourth-order valence-corrected chi connectivity index (χ4v) is 3.13. The Kier molecular flexibility index (Phi) is 2.41. The highest BCUT2D eigenvalue weighted by Crippen LogP contribution is 2.27. The molecule has 0 radical (unpaired) electrons. The van der Waals surface area contributed by atoms with Crippen molar-refractivity contribution in [3.05, 3.63) is 70.5 Å². The number of carbonyl (C=O) groups is 1. The van der Waals surface area contributed by atoms with Gasteiger partial charge in [-0.25, -0.2) is 14.3 Å². The minimum absolute atomic E-state index is 0.320. The summed E-state index contributed by atoms with van der Waals surface area (Å²) in [5.41, 5.74) is 1.64. The molecule has 1 aromatic carbocycles. The first kappa shape index (κ1) is 12.9. The molecular weight excluding hydrogens is 308 g/mol. The third-order valence-electron chi connectivity index (χ3n) is 4.22. The van der Waals surface area contributed by atoms with Crippen molar-refractivity contribution in [3.8, 4) is 0 Å². The molecule has 1 aliphatic heterocycles. The highest BCUT2D eigenvalue weighted by molar-refractivity contribution is 5.88. The van der Waals surface area contributed by atoms with Gasteiger partial charge < -0.3 is 5.32 Å². The van der Waals surface area contributed by atoms with Crippen LogP contribution in [0.4, 0.5) is 4.79 Å². The van der Waals surface area contributed by atoms with Crippen molar-refractivity contribution in [1.29, 1.82) is 0 Å². The maximum atomic E-state index is 12.8. The van der Waals surface area contributed by atoms with Gasteiger partial charge in [0, 0.05) is 6.20 Å². The van der Waals surface area contributed by atoms with E-state index < -0.39 is 11.6 Å². The highest BCUT2D eigenvalue weighted by Gasteiger charge is 2.32. The average molecular weight is 318 g/mol. The van der Waals surface area contributed by atoms with Crippen LogP contribution in [0.25, 0.3) is 16.7 Å². The fraction of sp³-hybridized carbons (Fsp3) is 0.0625. The van der Waals surface area contributed by atoms with Gasteiger partial charge >= 0.3 is 6.03 Å². The Balaban J connectivity index is 1.88. The molecule has 4 aromatic rings. The Labute approximate surface area is 134 Å². The number of rotatable bonds is 1. The molecule has 0 spiro atoms. The van der Waals surface area contributed by atoms with Gasteiger partial charge in [-0.05, 0) is 11.6 Å². The quantitative estimate of drug-likeness (QED) is 0.567. The van der Waals surface area contributed by atoms with E-state index >= 15 is 0 Å². The van der Waals surface area contributed by atoms with Crippen molar-refractivity contribution in [2.45, 2.75) is 6.04 Å². The molecule has 0 saturated carbocycles. The second kappa shape index (κ2) is 4.48. The third kappa shape index (κ3) is 1.59. The van der Waals surface area contributed by atoms with Crippen molar-refractivity contribution in [1.82, 2.24) is 29.5 Å². The lowest BCUT2D eigenvalue weighted by Crippen LogP contribution is -2.29. The van der Waals surface area contributed by atoms with Gasteiger partial charge in [0.25, 0.3) is 11.3 Å². The minimum Gasteiger partial charge on any atom is -0.325 e. The molecule has 1 N–H and O–H groups in total. The monoisotopic (exact) mass is 318 g/mol. The number of nitrogens with one attached hydrogen (secondary N) is 1. The van der Waals surface area contributed by atoms with E-state index in [9.17, 15) is 9.59 Å². The Hall–Kier alpha value is -3.55. The summed E-state index contributed by atoms with van der Waals surface area (Å²) in [7, 11) is 0. The molecule has 116 valence electrons. The van der Waals surface area contributed by atoms with E-state index in [4.69, 9.17) is 0 Å². The molecule has 0 saturated heterocycles. The van der Waals surface area contributed by atoms with Crippen LogP contribution < -0.4 is 10.9 Å². The number of fused-ring (bicyclic) bond motifs is 4. The summed E-state index contributed by atoms with van der Waals surface area (Å²) < 4.78 is 2.66. The SMILES string of the molecule is O=C1N[C@H](c2ccccc2)c2cc3c(cnc4ncnn43)c(=O)n21. The molecule has 0 fully saturated rings. The number of hydrogen-bond donors (Lipinski definition) is 1. The molecule has 1 atom stereocenters. The number of aromatic nitrogens is 5.